The Balaban J connectivity index is 4.68. The Labute approximate surface area is 115 Å². The van der Waals surface area contributed by atoms with Crippen molar-refractivity contribution < 1.29 is 0 Å². The van der Waals surface area contributed by atoms with Crippen LogP contribution in [-0.2, 0) is 0 Å². The molecule has 2 nitrogen and oxygen atoms in total. The van der Waals surface area contributed by atoms with Crippen molar-refractivity contribution in [2.45, 2.75) is 84.2 Å². The van der Waals surface area contributed by atoms with Gasteiger partial charge >= 0.3 is 0 Å². The predicted octanol–water partition coefficient (Wildman–Crippen LogP) is 4.31. The van der Waals surface area contributed by atoms with E-state index in [9.17, 15) is 0 Å². The van der Waals surface area contributed by atoms with Gasteiger partial charge in [0.25, 0.3) is 0 Å². The Morgan fingerprint density at radius 2 is 1.22 bits per heavy atom. The molecular weight excluding hydrogens is 220 g/mol. The van der Waals surface area contributed by atoms with E-state index in [1.54, 1.807) is 0 Å². The molecule has 0 bridgehead atoms. The van der Waals surface area contributed by atoms with E-state index in [1.165, 1.54) is 57.8 Å². The molecule has 0 heterocycles. The van der Waals surface area contributed by atoms with Gasteiger partial charge in [0.2, 0.25) is 0 Å². The average Bonchev–Trinajstić information content (AvgIpc) is 2.42. The highest BCUT2D eigenvalue weighted by Gasteiger charge is 2.34. The molecule has 18 heavy (non-hydrogen) atoms. The van der Waals surface area contributed by atoms with Crippen LogP contribution in [0.2, 0.25) is 0 Å². The summed E-state index contributed by atoms with van der Waals surface area (Å²) in [5, 5.41) is 7.21. The van der Waals surface area contributed by atoms with E-state index >= 15 is 0 Å². The van der Waals surface area contributed by atoms with Gasteiger partial charge in [-0.1, -0.05) is 59.3 Å². The first kappa shape index (κ1) is 17.9. The van der Waals surface area contributed by atoms with Gasteiger partial charge < -0.3 is 10.6 Å². The van der Waals surface area contributed by atoms with E-state index in [-0.39, 0.29) is 5.66 Å². The standard InChI is InChI=1S/C16H36N2/c1-6-9-12-15(13-10-7-2)16(17-4,18-5)14-11-8-3/h15,17-18H,6-14H2,1-5H3. The summed E-state index contributed by atoms with van der Waals surface area (Å²) in [5.74, 6) is 0.763. The molecule has 0 fully saturated rings. The minimum Gasteiger partial charge on any atom is -0.302 e. The van der Waals surface area contributed by atoms with Crippen LogP contribution in [0.4, 0.5) is 0 Å². The highest BCUT2D eigenvalue weighted by molar-refractivity contribution is 4.90. The summed E-state index contributed by atoms with van der Waals surface area (Å²) in [7, 11) is 4.24. The highest BCUT2D eigenvalue weighted by Crippen LogP contribution is 2.30. The fourth-order valence-corrected chi connectivity index (χ4v) is 2.98. The molecule has 0 aromatic rings. The molecule has 0 spiro atoms. The van der Waals surface area contributed by atoms with Crippen LogP contribution < -0.4 is 10.6 Å². The van der Waals surface area contributed by atoms with Gasteiger partial charge in [0, 0.05) is 0 Å². The summed E-state index contributed by atoms with van der Waals surface area (Å²) in [6.07, 6.45) is 11.8. The van der Waals surface area contributed by atoms with Crippen LogP contribution in [0.3, 0.4) is 0 Å². The van der Waals surface area contributed by atoms with Crippen molar-refractivity contribution in [1.82, 2.24) is 10.6 Å². The summed E-state index contributed by atoms with van der Waals surface area (Å²) in [6, 6.07) is 0. The van der Waals surface area contributed by atoms with Gasteiger partial charge in [-0.2, -0.15) is 0 Å². The van der Waals surface area contributed by atoms with Crippen LogP contribution in [0.1, 0.15) is 78.6 Å². The molecule has 0 radical (unpaired) electrons. The maximum absolute atomic E-state index is 3.61. The second-order valence-electron chi connectivity index (χ2n) is 5.56. The first-order valence-corrected chi connectivity index (χ1v) is 8.08. The van der Waals surface area contributed by atoms with Gasteiger partial charge in [-0.25, -0.2) is 0 Å². The molecule has 0 amide bonds. The van der Waals surface area contributed by atoms with Crippen molar-refractivity contribution in [2.75, 3.05) is 14.1 Å². The lowest BCUT2D eigenvalue weighted by Crippen LogP contribution is -2.59. The zero-order valence-electron chi connectivity index (χ0n) is 13.4. The smallest absolute Gasteiger partial charge is 0.0711 e. The molecule has 0 saturated carbocycles. The quantitative estimate of drug-likeness (QED) is 0.508. The van der Waals surface area contributed by atoms with Gasteiger partial charge in [0.1, 0.15) is 0 Å². The molecule has 0 aliphatic heterocycles. The van der Waals surface area contributed by atoms with E-state index in [1.807, 2.05) is 0 Å². The van der Waals surface area contributed by atoms with E-state index in [0.29, 0.717) is 0 Å². The number of hydrogen-bond donors (Lipinski definition) is 2. The number of hydrogen-bond acceptors (Lipinski definition) is 2. The number of unbranched alkanes of at least 4 members (excludes halogenated alkanes) is 3. The Morgan fingerprint density at radius 1 is 0.778 bits per heavy atom. The van der Waals surface area contributed by atoms with Crippen molar-refractivity contribution in [1.29, 1.82) is 0 Å². The summed E-state index contributed by atoms with van der Waals surface area (Å²) < 4.78 is 0. The molecule has 0 unspecified atom stereocenters. The van der Waals surface area contributed by atoms with Crippen molar-refractivity contribution in [3.8, 4) is 0 Å². The lowest BCUT2D eigenvalue weighted by Gasteiger charge is -2.41. The molecule has 0 saturated heterocycles. The monoisotopic (exact) mass is 256 g/mol. The lowest BCUT2D eigenvalue weighted by atomic mass is 9.80. The Bertz CT molecular complexity index is 168. The third kappa shape index (κ3) is 5.71. The van der Waals surface area contributed by atoms with Gasteiger partial charge in [-0.15, -0.1) is 0 Å². The molecule has 2 N–H and O–H groups in total. The molecular formula is C16H36N2. The summed E-state index contributed by atoms with van der Waals surface area (Å²) in [4.78, 5) is 0. The van der Waals surface area contributed by atoms with Crippen LogP contribution in [0.15, 0.2) is 0 Å². The topological polar surface area (TPSA) is 24.1 Å². The van der Waals surface area contributed by atoms with Gasteiger partial charge in [-0.05, 0) is 39.3 Å². The molecule has 0 aliphatic rings. The molecule has 0 aromatic heterocycles. The maximum Gasteiger partial charge on any atom is 0.0711 e. The van der Waals surface area contributed by atoms with E-state index < -0.39 is 0 Å². The first-order chi connectivity index (χ1) is 8.70. The zero-order chi connectivity index (χ0) is 13.9. The summed E-state index contributed by atoms with van der Waals surface area (Å²) >= 11 is 0. The Morgan fingerprint density at radius 3 is 1.56 bits per heavy atom. The minimum atomic E-state index is 0.153. The zero-order valence-corrected chi connectivity index (χ0v) is 13.4. The van der Waals surface area contributed by atoms with Gasteiger partial charge in [0.05, 0.1) is 5.66 Å². The first-order valence-electron chi connectivity index (χ1n) is 8.08. The largest absolute Gasteiger partial charge is 0.302 e. The van der Waals surface area contributed by atoms with Crippen LogP contribution in [0.5, 0.6) is 0 Å². The normalized spacial score (nSPS) is 12.3. The molecule has 0 aliphatic carbocycles. The number of rotatable bonds is 12. The van der Waals surface area contributed by atoms with Crippen molar-refractivity contribution in [2.24, 2.45) is 5.92 Å². The predicted molar refractivity (Wildman–Crippen MR) is 82.9 cm³/mol. The SMILES string of the molecule is CCCCC(CCCC)C(CCCC)(NC)NC. The fourth-order valence-electron chi connectivity index (χ4n) is 2.98. The molecule has 0 aromatic carbocycles. The van der Waals surface area contributed by atoms with Crippen LogP contribution in [0.25, 0.3) is 0 Å². The summed E-state index contributed by atoms with van der Waals surface area (Å²) in [6.45, 7) is 6.87. The van der Waals surface area contributed by atoms with Gasteiger partial charge in [0.15, 0.2) is 0 Å². The molecule has 0 rings (SSSR count). The average molecular weight is 256 g/mol. The van der Waals surface area contributed by atoms with Crippen molar-refractivity contribution >= 4 is 0 Å². The third-order valence-electron chi connectivity index (χ3n) is 4.33. The fraction of sp³-hybridized carbons (Fsp3) is 1.00. The molecule has 2 heteroatoms. The van der Waals surface area contributed by atoms with Crippen molar-refractivity contribution in [3.05, 3.63) is 0 Å². The molecule has 0 atom stereocenters. The number of nitrogens with one attached hydrogen (secondary N) is 2. The minimum absolute atomic E-state index is 0.153. The van der Waals surface area contributed by atoms with Crippen LogP contribution in [-0.4, -0.2) is 19.8 Å². The molecule has 110 valence electrons. The Hall–Kier alpha value is -0.0800. The maximum atomic E-state index is 3.61. The van der Waals surface area contributed by atoms with Gasteiger partial charge in [-0.3, -0.25) is 0 Å². The van der Waals surface area contributed by atoms with E-state index in [4.69, 9.17) is 0 Å². The third-order valence-corrected chi connectivity index (χ3v) is 4.33. The van der Waals surface area contributed by atoms with E-state index in [2.05, 4.69) is 45.5 Å². The van der Waals surface area contributed by atoms with E-state index in [0.717, 1.165) is 5.92 Å². The van der Waals surface area contributed by atoms with Crippen molar-refractivity contribution in [3.63, 3.8) is 0 Å². The summed E-state index contributed by atoms with van der Waals surface area (Å²) in [5.41, 5.74) is 0.153. The highest BCUT2D eigenvalue weighted by atomic mass is 15.2. The van der Waals surface area contributed by atoms with Crippen LogP contribution in [0, 0.1) is 5.92 Å². The second kappa shape index (κ2) is 10.8. The van der Waals surface area contributed by atoms with Crippen LogP contribution >= 0.6 is 0 Å². The Kier molecular flexibility index (Phi) is 10.8. The second-order valence-corrected chi connectivity index (χ2v) is 5.56. The lowest BCUT2D eigenvalue weighted by molar-refractivity contribution is 0.140.